The highest BCUT2D eigenvalue weighted by Crippen LogP contribution is 2.21. The summed E-state index contributed by atoms with van der Waals surface area (Å²) in [5, 5.41) is 12.2. The number of hydrogen-bond donors (Lipinski definition) is 1. The summed E-state index contributed by atoms with van der Waals surface area (Å²) in [5.41, 5.74) is 0.497. The van der Waals surface area contributed by atoms with E-state index in [9.17, 15) is 13.6 Å². The van der Waals surface area contributed by atoms with Crippen molar-refractivity contribution in [3.63, 3.8) is 0 Å². The van der Waals surface area contributed by atoms with E-state index in [-0.39, 0.29) is 5.75 Å². The Hall–Kier alpha value is -0.580. The zero-order chi connectivity index (χ0) is 16.3. The molecule has 0 aromatic rings. The van der Waals surface area contributed by atoms with Gasteiger partial charge in [0.15, 0.2) is 9.84 Å². The highest BCUT2D eigenvalue weighted by molar-refractivity contribution is 7.92. The fourth-order valence-corrected chi connectivity index (χ4v) is 5.22. The molecule has 0 radical (unpaired) electrons. The maximum atomic E-state index is 12.7. The normalized spacial score (nSPS) is 24.6. The van der Waals surface area contributed by atoms with Crippen molar-refractivity contribution in [3.05, 3.63) is 0 Å². The summed E-state index contributed by atoms with van der Waals surface area (Å²) in [4.78, 5) is 0. The molecule has 1 saturated carbocycles. The fourth-order valence-electron chi connectivity index (χ4n) is 3.22. The van der Waals surface area contributed by atoms with Gasteiger partial charge in [-0.3, -0.25) is 0 Å². The van der Waals surface area contributed by atoms with Gasteiger partial charge in [0, 0.05) is 0 Å². The summed E-state index contributed by atoms with van der Waals surface area (Å²) >= 11 is 0. The van der Waals surface area contributed by atoms with Crippen molar-refractivity contribution in [3.8, 4) is 0 Å². The van der Waals surface area contributed by atoms with Crippen molar-refractivity contribution in [1.29, 1.82) is 0 Å². The molecule has 1 aliphatic rings. The lowest BCUT2D eigenvalue weighted by Crippen LogP contribution is -2.32. The van der Waals surface area contributed by atoms with Crippen LogP contribution in [0.2, 0.25) is 0 Å². The Balaban J connectivity index is 2.76. The number of rotatable bonds is 5. The monoisotopic (exact) mass is 331 g/mol. The average molecular weight is 332 g/mol. The molecule has 4 nitrogen and oxygen atoms in total. The van der Waals surface area contributed by atoms with Crippen molar-refractivity contribution in [1.82, 2.24) is 0 Å². The van der Waals surface area contributed by atoms with Crippen molar-refractivity contribution in [2.24, 2.45) is 5.16 Å². The van der Waals surface area contributed by atoms with Gasteiger partial charge in [-0.1, -0.05) is 69.9 Å². The van der Waals surface area contributed by atoms with E-state index in [0.29, 0.717) is 25.0 Å². The van der Waals surface area contributed by atoms with Crippen LogP contribution in [0, 0.1) is 0 Å². The van der Waals surface area contributed by atoms with E-state index in [1.54, 1.807) is 0 Å². The van der Waals surface area contributed by atoms with Crippen LogP contribution in [0.3, 0.4) is 0 Å². The summed E-state index contributed by atoms with van der Waals surface area (Å²) in [6, 6.07) is 0. The Bertz CT molecular complexity index is 418. The number of unbranched alkanes of at least 4 members (excludes halogenated alkanes) is 2. The number of hydrogen-bond acceptors (Lipinski definition) is 4. The second kappa shape index (κ2) is 11.0. The van der Waals surface area contributed by atoms with Gasteiger partial charge >= 0.3 is 0 Å². The van der Waals surface area contributed by atoms with Gasteiger partial charge in [-0.05, 0) is 25.7 Å². The number of oxime groups is 1. The molecule has 1 rings (SSSR count). The quantitative estimate of drug-likeness (QED) is 0.451. The lowest BCUT2D eigenvalue weighted by Gasteiger charge is -2.19. The molecule has 0 aromatic carbocycles. The molecule has 130 valence electrons. The summed E-state index contributed by atoms with van der Waals surface area (Å²) in [7, 11) is -3.20. The van der Waals surface area contributed by atoms with Gasteiger partial charge in [0.1, 0.15) is 5.25 Å². The molecule has 0 heterocycles. The third-order valence-corrected chi connectivity index (χ3v) is 6.85. The van der Waals surface area contributed by atoms with Gasteiger partial charge in [-0.25, -0.2) is 8.42 Å². The molecule has 5 heteroatoms. The fraction of sp³-hybridized carbons (Fsp3) is 0.941. The first-order valence-corrected chi connectivity index (χ1v) is 10.8. The maximum absolute atomic E-state index is 12.7. The van der Waals surface area contributed by atoms with Crippen LogP contribution in [-0.4, -0.2) is 30.3 Å². The molecular weight excluding hydrogens is 298 g/mol. The number of sulfone groups is 1. The van der Waals surface area contributed by atoms with E-state index in [1.165, 1.54) is 25.7 Å². The molecule has 1 N–H and O–H groups in total. The predicted octanol–water partition coefficient (Wildman–Crippen LogP) is 4.70. The predicted molar refractivity (Wildman–Crippen MR) is 92.5 cm³/mol. The van der Waals surface area contributed by atoms with Gasteiger partial charge < -0.3 is 5.21 Å². The first-order valence-electron chi connectivity index (χ1n) is 9.04. The van der Waals surface area contributed by atoms with E-state index in [2.05, 4.69) is 12.1 Å². The molecule has 0 bridgehead atoms. The third kappa shape index (κ3) is 7.12. The van der Waals surface area contributed by atoms with E-state index in [0.717, 1.165) is 38.5 Å². The Morgan fingerprint density at radius 3 is 2.18 bits per heavy atom. The van der Waals surface area contributed by atoms with Crippen LogP contribution in [0.4, 0.5) is 0 Å². The number of nitrogens with zero attached hydrogens (tertiary/aromatic N) is 1. The minimum atomic E-state index is -3.20. The average Bonchev–Trinajstić information content (AvgIpc) is 2.47. The van der Waals surface area contributed by atoms with Crippen LogP contribution in [0.15, 0.2) is 5.16 Å². The van der Waals surface area contributed by atoms with Gasteiger partial charge in [0.05, 0.1) is 11.5 Å². The van der Waals surface area contributed by atoms with E-state index >= 15 is 0 Å². The molecule has 0 aliphatic heterocycles. The van der Waals surface area contributed by atoms with Gasteiger partial charge in [-0.15, -0.1) is 0 Å². The molecule has 0 amide bonds. The largest absolute Gasteiger partial charge is 0.411 e. The van der Waals surface area contributed by atoms with Crippen LogP contribution in [-0.2, 0) is 9.84 Å². The lowest BCUT2D eigenvalue weighted by molar-refractivity contribution is 0.315. The third-order valence-electron chi connectivity index (χ3n) is 4.62. The summed E-state index contributed by atoms with van der Waals surface area (Å²) in [5.74, 6) is 0.227. The molecule has 22 heavy (non-hydrogen) atoms. The molecular formula is C17H33NO3S. The molecule has 0 unspecified atom stereocenters. The van der Waals surface area contributed by atoms with Crippen LogP contribution in [0.5, 0.6) is 0 Å². The Morgan fingerprint density at radius 1 is 1.00 bits per heavy atom. The highest BCUT2D eigenvalue weighted by Gasteiger charge is 2.29. The molecule has 1 fully saturated rings. The van der Waals surface area contributed by atoms with E-state index < -0.39 is 15.1 Å². The summed E-state index contributed by atoms with van der Waals surface area (Å²) < 4.78 is 25.3. The van der Waals surface area contributed by atoms with Crippen molar-refractivity contribution in [2.75, 3.05) is 5.75 Å². The summed E-state index contributed by atoms with van der Waals surface area (Å²) in [6.07, 6.45) is 12.9. The Kier molecular flexibility index (Phi) is 9.76. The molecule has 1 aliphatic carbocycles. The second-order valence-corrected chi connectivity index (χ2v) is 8.82. The van der Waals surface area contributed by atoms with Gasteiger partial charge in [0.2, 0.25) is 0 Å². The zero-order valence-corrected chi connectivity index (χ0v) is 14.9. The van der Waals surface area contributed by atoms with Crippen LogP contribution < -0.4 is 0 Å². The Morgan fingerprint density at radius 2 is 1.59 bits per heavy atom. The highest BCUT2D eigenvalue weighted by atomic mass is 32.2. The smallest absolute Gasteiger partial charge is 0.158 e. The van der Waals surface area contributed by atoms with Crippen molar-refractivity contribution in [2.45, 2.75) is 95.6 Å². The van der Waals surface area contributed by atoms with E-state index in [1.807, 2.05) is 0 Å². The maximum Gasteiger partial charge on any atom is 0.158 e. The van der Waals surface area contributed by atoms with Gasteiger partial charge in [-0.2, -0.15) is 0 Å². The van der Waals surface area contributed by atoms with Crippen LogP contribution >= 0.6 is 0 Å². The second-order valence-electron chi connectivity index (χ2n) is 6.52. The Labute approximate surface area is 136 Å². The zero-order valence-electron chi connectivity index (χ0n) is 14.1. The van der Waals surface area contributed by atoms with Crippen molar-refractivity contribution < 1.29 is 13.6 Å². The summed E-state index contributed by atoms with van der Waals surface area (Å²) in [6.45, 7) is 2.07. The molecule has 1 atom stereocenters. The molecule has 0 aromatic heterocycles. The SMILES string of the molecule is CCCCCS(=O)(=O)[C@@H]1CCCCCCCCCC/C1=N\O. The first-order chi connectivity index (χ1) is 10.6. The minimum Gasteiger partial charge on any atom is -0.411 e. The van der Waals surface area contributed by atoms with Crippen LogP contribution in [0.25, 0.3) is 0 Å². The van der Waals surface area contributed by atoms with Crippen molar-refractivity contribution >= 4 is 15.5 Å². The van der Waals surface area contributed by atoms with E-state index in [4.69, 9.17) is 0 Å². The lowest BCUT2D eigenvalue weighted by atomic mass is 9.99. The van der Waals surface area contributed by atoms with Crippen LogP contribution in [0.1, 0.15) is 90.4 Å². The standard InChI is InChI=1S/C17H33NO3S/c1-2-3-12-15-22(20,21)17-14-11-9-7-5-4-6-8-10-13-16(17)18-19/h17,19H,2-15H2,1H3/b18-16+/t17-/m1/s1. The van der Waals surface area contributed by atoms with Gasteiger partial charge in [0.25, 0.3) is 0 Å². The first kappa shape index (κ1) is 19.5. The molecule has 0 saturated heterocycles. The molecule has 0 spiro atoms. The minimum absolute atomic E-state index is 0.227. The topological polar surface area (TPSA) is 66.7 Å².